The second-order valence-corrected chi connectivity index (χ2v) is 9.13. The molecule has 0 fully saturated rings. The minimum Gasteiger partial charge on any atom is -0.341 e. The van der Waals surface area contributed by atoms with E-state index in [1.165, 1.54) is 18.2 Å². The van der Waals surface area contributed by atoms with Crippen LogP contribution in [0.4, 0.5) is 36.4 Å². The molecule has 0 bridgehead atoms. The van der Waals surface area contributed by atoms with Crippen molar-refractivity contribution < 1.29 is 40.3 Å². The topological polar surface area (TPSA) is 76.0 Å². The number of carbonyl (C=O) groups is 2. The first-order valence-electron chi connectivity index (χ1n) is 11.3. The Kier molecular flexibility index (Phi) is 6.78. The van der Waals surface area contributed by atoms with Crippen molar-refractivity contribution in [1.82, 2.24) is 14.9 Å². The highest BCUT2D eigenvalue weighted by Gasteiger charge is 2.36. The van der Waals surface area contributed by atoms with Gasteiger partial charge in [0.1, 0.15) is 11.6 Å². The van der Waals surface area contributed by atoms with Gasteiger partial charge >= 0.3 is 12.7 Å². The Hall–Kier alpha value is -4.39. The summed E-state index contributed by atoms with van der Waals surface area (Å²) in [5.41, 5.74) is -2.10. The molecular formula is C26H14ClF7N4O2. The SMILES string of the molecule is O=C(Nc1cc(-c2cn(C(F)F)cn2)cc2c1[C@@H](c1cc(F)ccc1Cl)NC2=O)c1cc(F)cc(C(F)(F)F)c1. The van der Waals surface area contributed by atoms with Crippen molar-refractivity contribution in [3.8, 4) is 11.3 Å². The van der Waals surface area contributed by atoms with E-state index < -0.39 is 53.3 Å². The van der Waals surface area contributed by atoms with Gasteiger partial charge in [-0.2, -0.15) is 22.0 Å². The quantitative estimate of drug-likeness (QED) is 0.249. The zero-order chi connectivity index (χ0) is 28.9. The van der Waals surface area contributed by atoms with Crippen LogP contribution in [0, 0.1) is 11.6 Å². The summed E-state index contributed by atoms with van der Waals surface area (Å²) >= 11 is 6.24. The molecule has 14 heteroatoms. The number of benzene rings is 3. The van der Waals surface area contributed by atoms with Gasteiger partial charge in [0.25, 0.3) is 11.8 Å². The van der Waals surface area contributed by atoms with Crippen LogP contribution in [0.5, 0.6) is 0 Å². The largest absolute Gasteiger partial charge is 0.416 e. The van der Waals surface area contributed by atoms with Crippen LogP contribution < -0.4 is 10.6 Å². The van der Waals surface area contributed by atoms with E-state index in [-0.39, 0.29) is 44.7 Å². The number of hydrogen-bond donors (Lipinski definition) is 2. The molecule has 0 radical (unpaired) electrons. The summed E-state index contributed by atoms with van der Waals surface area (Å²) in [6.07, 6.45) is -3.13. The number of nitrogens with one attached hydrogen (secondary N) is 2. The van der Waals surface area contributed by atoms with E-state index in [1.54, 1.807) is 0 Å². The van der Waals surface area contributed by atoms with Crippen molar-refractivity contribution in [2.75, 3.05) is 5.32 Å². The van der Waals surface area contributed by atoms with Crippen LogP contribution in [0.15, 0.2) is 61.1 Å². The molecule has 2 amide bonds. The lowest BCUT2D eigenvalue weighted by Gasteiger charge is -2.19. The minimum atomic E-state index is -4.95. The van der Waals surface area contributed by atoms with Crippen LogP contribution >= 0.6 is 11.6 Å². The highest BCUT2D eigenvalue weighted by Crippen LogP contribution is 2.42. The molecule has 1 aromatic heterocycles. The predicted molar refractivity (Wildman–Crippen MR) is 129 cm³/mol. The van der Waals surface area contributed by atoms with Crippen LogP contribution in [0.25, 0.3) is 11.3 Å². The molecule has 0 saturated carbocycles. The molecule has 1 aliphatic rings. The molecule has 206 valence electrons. The lowest BCUT2D eigenvalue weighted by Crippen LogP contribution is -2.21. The average molecular weight is 583 g/mol. The number of rotatable bonds is 5. The summed E-state index contributed by atoms with van der Waals surface area (Å²) in [4.78, 5) is 29.9. The first-order chi connectivity index (χ1) is 18.8. The van der Waals surface area contributed by atoms with Gasteiger partial charge in [-0.05, 0) is 48.5 Å². The fourth-order valence-corrected chi connectivity index (χ4v) is 4.55. The number of halogens is 8. The molecule has 0 unspecified atom stereocenters. The Bertz CT molecular complexity index is 1670. The summed E-state index contributed by atoms with van der Waals surface area (Å²) < 4.78 is 94.5. The number of amides is 2. The van der Waals surface area contributed by atoms with Gasteiger partial charge in [-0.25, -0.2) is 13.8 Å². The van der Waals surface area contributed by atoms with E-state index >= 15 is 0 Å². The number of anilines is 1. The fraction of sp³-hybridized carbons (Fsp3) is 0.115. The van der Waals surface area contributed by atoms with E-state index in [2.05, 4.69) is 15.6 Å². The van der Waals surface area contributed by atoms with Crippen LogP contribution in [0.3, 0.4) is 0 Å². The zero-order valence-electron chi connectivity index (χ0n) is 19.7. The fourth-order valence-electron chi connectivity index (χ4n) is 4.32. The van der Waals surface area contributed by atoms with E-state index in [0.29, 0.717) is 16.7 Å². The standard InChI is InChI=1S/C26H14ClF7N4O2/c27-18-2-1-14(28)8-16(18)22-21-17(24(40)37-22)5-11(20-9-38(10-35-20)25(30)31)6-19(21)36-23(39)12-3-13(26(32,33)34)7-15(29)4-12/h1-10,22,25H,(H,36,39)(H,37,40)/t22-/m1/s1. The summed E-state index contributed by atoms with van der Waals surface area (Å²) in [5, 5.41) is 5.03. The van der Waals surface area contributed by atoms with E-state index in [9.17, 15) is 40.3 Å². The number of carbonyl (C=O) groups excluding carboxylic acids is 2. The van der Waals surface area contributed by atoms with Gasteiger partial charge in [-0.3, -0.25) is 14.2 Å². The van der Waals surface area contributed by atoms with Crippen LogP contribution in [0.1, 0.15) is 50.0 Å². The molecule has 1 atom stereocenters. The second-order valence-electron chi connectivity index (χ2n) is 8.72. The molecule has 40 heavy (non-hydrogen) atoms. The second kappa shape index (κ2) is 9.97. The average Bonchev–Trinajstić information content (AvgIpc) is 3.50. The summed E-state index contributed by atoms with van der Waals surface area (Å²) in [7, 11) is 0. The molecule has 6 nitrogen and oxygen atoms in total. The monoisotopic (exact) mass is 582 g/mol. The molecule has 0 aliphatic carbocycles. The Labute approximate surface area is 225 Å². The van der Waals surface area contributed by atoms with Gasteiger partial charge in [0, 0.05) is 44.7 Å². The number of imidazole rings is 1. The number of alkyl halides is 5. The van der Waals surface area contributed by atoms with Crippen molar-refractivity contribution >= 4 is 29.1 Å². The molecule has 1 aliphatic heterocycles. The maximum Gasteiger partial charge on any atom is 0.416 e. The van der Waals surface area contributed by atoms with Crippen molar-refractivity contribution in [2.24, 2.45) is 0 Å². The third kappa shape index (κ3) is 5.11. The molecule has 0 saturated heterocycles. The van der Waals surface area contributed by atoms with Crippen LogP contribution in [-0.2, 0) is 6.18 Å². The maximum atomic E-state index is 14.1. The molecule has 2 N–H and O–H groups in total. The molecule has 5 rings (SSSR count). The predicted octanol–water partition coefficient (Wildman–Crippen LogP) is 6.98. The maximum absolute atomic E-state index is 14.1. The summed E-state index contributed by atoms with van der Waals surface area (Å²) in [5.74, 6) is -3.89. The minimum absolute atomic E-state index is 0.0243. The Morgan fingerprint density at radius 3 is 2.48 bits per heavy atom. The molecule has 0 spiro atoms. The third-order valence-corrected chi connectivity index (χ3v) is 6.46. The van der Waals surface area contributed by atoms with E-state index in [1.807, 2.05) is 0 Å². The van der Waals surface area contributed by atoms with Crippen LogP contribution in [-0.4, -0.2) is 21.4 Å². The lowest BCUT2D eigenvalue weighted by molar-refractivity contribution is -0.137. The highest BCUT2D eigenvalue weighted by atomic mass is 35.5. The third-order valence-electron chi connectivity index (χ3n) is 6.12. The summed E-state index contributed by atoms with van der Waals surface area (Å²) in [6, 6.07) is 6.05. The van der Waals surface area contributed by atoms with Gasteiger partial charge in [0.05, 0.1) is 23.6 Å². The smallest absolute Gasteiger partial charge is 0.341 e. The highest BCUT2D eigenvalue weighted by molar-refractivity contribution is 6.31. The first kappa shape index (κ1) is 27.2. The van der Waals surface area contributed by atoms with E-state index in [0.717, 1.165) is 24.7 Å². The van der Waals surface area contributed by atoms with Gasteiger partial charge in [0.15, 0.2) is 0 Å². The lowest BCUT2D eigenvalue weighted by atomic mass is 9.93. The Balaban J connectivity index is 1.66. The van der Waals surface area contributed by atoms with Gasteiger partial charge in [0.2, 0.25) is 0 Å². The number of hydrogen-bond acceptors (Lipinski definition) is 3. The number of aromatic nitrogens is 2. The number of nitrogens with zero attached hydrogens (tertiary/aromatic N) is 2. The zero-order valence-corrected chi connectivity index (χ0v) is 20.4. The van der Waals surface area contributed by atoms with E-state index in [4.69, 9.17) is 11.6 Å². The Morgan fingerprint density at radius 2 is 1.80 bits per heavy atom. The molecule has 3 aromatic carbocycles. The molecule has 2 heterocycles. The van der Waals surface area contributed by atoms with Gasteiger partial charge in [-0.1, -0.05) is 11.6 Å². The first-order valence-corrected chi connectivity index (χ1v) is 11.6. The normalized spacial score (nSPS) is 14.8. The van der Waals surface area contributed by atoms with Gasteiger partial charge < -0.3 is 10.6 Å². The van der Waals surface area contributed by atoms with Crippen LogP contribution in [0.2, 0.25) is 5.02 Å². The van der Waals surface area contributed by atoms with Crippen molar-refractivity contribution in [3.63, 3.8) is 0 Å². The van der Waals surface area contributed by atoms with Gasteiger partial charge in [-0.15, -0.1) is 0 Å². The van der Waals surface area contributed by atoms with Crippen molar-refractivity contribution in [1.29, 1.82) is 0 Å². The Morgan fingerprint density at radius 1 is 1.05 bits per heavy atom. The van der Waals surface area contributed by atoms with Crippen molar-refractivity contribution in [2.45, 2.75) is 18.8 Å². The number of fused-ring (bicyclic) bond motifs is 1. The molecular weight excluding hydrogens is 569 g/mol. The van der Waals surface area contributed by atoms with Crippen molar-refractivity contribution in [3.05, 3.63) is 106 Å². The molecule has 4 aromatic rings. The summed E-state index contributed by atoms with van der Waals surface area (Å²) in [6.45, 7) is -2.92.